The average Bonchev–Trinajstić information content (AvgIpc) is 3.36. The number of pyridine rings is 1. The molecule has 0 radical (unpaired) electrons. The van der Waals surface area contributed by atoms with Gasteiger partial charge in [0.25, 0.3) is 5.91 Å². The summed E-state index contributed by atoms with van der Waals surface area (Å²) >= 11 is 0. The maximum atomic E-state index is 11.0. The summed E-state index contributed by atoms with van der Waals surface area (Å²) in [5.74, 6) is 1.29. The van der Waals surface area contributed by atoms with E-state index >= 15 is 0 Å². The van der Waals surface area contributed by atoms with Crippen LogP contribution in [0.15, 0.2) is 42.6 Å². The molecule has 2 aliphatic rings. The van der Waals surface area contributed by atoms with Crippen LogP contribution in [0.2, 0.25) is 0 Å². The van der Waals surface area contributed by atoms with Crippen LogP contribution in [0.1, 0.15) is 23.1 Å². The zero-order chi connectivity index (χ0) is 19.3. The number of aromatic nitrogens is 1. The van der Waals surface area contributed by atoms with Crippen LogP contribution in [-0.4, -0.2) is 46.7 Å². The fraction of sp³-hybridized carbons (Fsp3) is 0.333. The third-order valence-electron chi connectivity index (χ3n) is 5.11. The number of carbonyl (C=O) groups excluding carboxylic acids is 1. The highest BCUT2D eigenvalue weighted by Gasteiger charge is 2.23. The first kappa shape index (κ1) is 24.0. The zero-order valence-corrected chi connectivity index (χ0v) is 18.0. The molecular weight excluding hydrogens is 427 g/mol. The van der Waals surface area contributed by atoms with Crippen LogP contribution >= 0.6 is 24.8 Å². The topological polar surface area (TPSA) is 86.7 Å². The molecule has 7 nitrogen and oxygen atoms in total. The molecule has 1 unspecified atom stereocenters. The van der Waals surface area contributed by atoms with E-state index in [0.29, 0.717) is 6.04 Å². The fourth-order valence-corrected chi connectivity index (χ4v) is 3.70. The Labute approximate surface area is 188 Å². The Hall–Kier alpha value is -2.32. The molecule has 162 valence electrons. The van der Waals surface area contributed by atoms with Gasteiger partial charge in [-0.25, -0.2) is 10.5 Å². The molecule has 1 amide bonds. The van der Waals surface area contributed by atoms with Crippen molar-refractivity contribution in [2.75, 3.05) is 25.0 Å². The summed E-state index contributed by atoms with van der Waals surface area (Å²) in [6.07, 6.45) is 6.64. The number of hydroxylamine groups is 1. The van der Waals surface area contributed by atoms with E-state index in [1.807, 2.05) is 12.1 Å². The molecule has 1 atom stereocenters. The van der Waals surface area contributed by atoms with Gasteiger partial charge in [0.05, 0.1) is 6.61 Å². The van der Waals surface area contributed by atoms with E-state index in [4.69, 9.17) is 9.94 Å². The van der Waals surface area contributed by atoms with Crippen molar-refractivity contribution in [1.82, 2.24) is 15.4 Å². The van der Waals surface area contributed by atoms with E-state index in [2.05, 4.69) is 33.4 Å². The summed E-state index contributed by atoms with van der Waals surface area (Å²) in [6, 6.07) is 10.7. The second-order valence-electron chi connectivity index (χ2n) is 7.19. The molecule has 0 bridgehead atoms. The molecule has 0 aliphatic carbocycles. The van der Waals surface area contributed by atoms with Crippen LogP contribution in [0, 0.1) is 0 Å². The fourth-order valence-electron chi connectivity index (χ4n) is 3.70. The average molecular weight is 453 g/mol. The molecule has 2 aliphatic heterocycles. The lowest BCUT2D eigenvalue weighted by atomic mass is 10.1. The van der Waals surface area contributed by atoms with E-state index in [1.54, 1.807) is 17.8 Å². The molecule has 2 aromatic rings. The van der Waals surface area contributed by atoms with Crippen LogP contribution in [-0.2, 0) is 17.8 Å². The maximum absolute atomic E-state index is 11.0. The Bertz CT molecular complexity index is 877. The Morgan fingerprint density at radius 1 is 1.30 bits per heavy atom. The Morgan fingerprint density at radius 3 is 2.93 bits per heavy atom. The summed E-state index contributed by atoms with van der Waals surface area (Å²) in [5.41, 5.74) is 5.01. The molecule has 0 spiro atoms. The predicted octanol–water partition coefficient (Wildman–Crippen LogP) is 3.07. The van der Waals surface area contributed by atoms with E-state index in [1.165, 1.54) is 17.2 Å². The normalized spacial score (nSPS) is 17.6. The standard InChI is InChI=1S/C21H24N4O3.2ClH/c26-21(24-27)6-3-15-2-5-20(22-12-15)23-18-7-9-25(14-18)13-16-1-4-19-17(11-16)8-10-28-19;;/h1-6,11-12,18,27H,7-10,13-14H2,(H,22,23)(H,24,26);2*1H/b6-3+;;. The van der Waals surface area contributed by atoms with E-state index < -0.39 is 5.91 Å². The van der Waals surface area contributed by atoms with Crippen molar-refractivity contribution in [3.63, 3.8) is 0 Å². The maximum Gasteiger partial charge on any atom is 0.267 e. The van der Waals surface area contributed by atoms with Gasteiger partial charge in [0.2, 0.25) is 0 Å². The molecule has 0 saturated carbocycles. The number of anilines is 1. The van der Waals surface area contributed by atoms with Gasteiger partial charge in [-0.05, 0) is 47.4 Å². The lowest BCUT2D eigenvalue weighted by molar-refractivity contribution is -0.124. The van der Waals surface area contributed by atoms with Crippen molar-refractivity contribution in [2.24, 2.45) is 0 Å². The smallest absolute Gasteiger partial charge is 0.267 e. The monoisotopic (exact) mass is 452 g/mol. The van der Waals surface area contributed by atoms with Crippen molar-refractivity contribution in [1.29, 1.82) is 0 Å². The van der Waals surface area contributed by atoms with Crippen LogP contribution in [0.4, 0.5) is 5.82 Å². The minimum Gasteiger partial charge on any atom is -0.493 e. The highest BCUT2D eigenvalue weighted by molar-refractivity contribution is 5.90. The van der Waals surface area contributed by atoms with Gasteiger partial charge in [-0.1, -0.05) is 12.1 Å². The number of carbonyl (C=O) groups is 1. The number of benzene rings is 1. The number of nitrogens with zero attached hydrogens (tertiary/aromatic N) is 2. The molecule has 1 fully saturated rings. The van der Waals surface area contributed by atoms with E-state index in [9.17, 15) is 4.79 Å². The van der Waals surface area contributed by atoms with Gasteiger partial charge in [-0.3, -0.25) is 14.9 Å². The van der Waals surface area contributed by atoms with Crippen molar-refractivity contribution < 1.29 is 14.7 Å². The first-order valence-corrected chi connectivity index (χ1v) is 9.51. The molecule has 1 saturated heterocycles. The summed E-state index contributed by atoms with van der Waals surface area (Å²) in [5, 5.41) is 12.0. The van der Waals surface area contributed by atoms with Gasteiger partial charge in [-0.2, -0.15) is 0 Å². The quantitative estimate of drug-likeness (QED) is 0.354. The van der Waals surface area contributed by atoms with E-state index in [0.717, 1.165) is 56.2 Å². The van der Waals surface area contributed by atoms with Crippen LogP contribution < -0.4 is 15.5 Å². The van der Waals surface area contributed by atoms with Crippen LogP contribution in [0.25, 0.3) is 6.08 Å². The minimum atomic E-state index is -0.566. The van der Waals surface area contributed by atoms with Gasteiger partial charge in [0.1, 0.15) is 11.6 Å². The zero-order valence-electron chi connectivity index (χ0n) is 16.4. The number of ether oxygens (including phenoxy) is 1. The van der Waals surface area contributed by atoms with Crippen molar-refractivity contribution in [2.45, 2.75) is 25.4 Å². The lowest BCUT2D eigenvalue weighted by Gasteiger charge is -2.17. The van der Waals surface area contributed by atoms with E-state index in [-0.39, 0.29) is 24.8 Å². The van der Waals surface area contributed by atoms with Gasteiger partial charge in [-0.15, -0.1) is 24.8 Å². The van der Waals surface area contributed by atoms with Crippen molar-refractivity contribution >= 4 is 42.6 Å². The van der Waals surface area contributed by atoms with Gasteiger partial charge >= 0.3 is 0 Å². The molecular formula is C21H26Cl2N4O3. The first-order valence-electron chi connectivity index (χ1n) is 9.51. The van der Waals surface area contributed by atoms with Gasteiger partial charge < -0.3 is 10.1 Å². The molecule has 30 heavy (non-hydrogen) atoms. The van der Waals surface area contributed by atoms with Gasteiger partial charge in [0, 0.05) is 44.4 Å². The molecule has 1 aromatic heterocycles. The molecule has 3 heterocycles. The summed E-state index contributed by atoms with van der Waals surface area (Å²) < 4.78 is 5.58. The minimum absolute atomic E-state index is 0. The third kappa shape index (κ3) is 6.09. The van der Waals surface area contributed by atoms with Crippen molar-refractivity contribution in [3.8, 4) is 5.75 Å². The summed E-state index contributed by atoms with van der Waals surface area (Å²) in [7, 11) is 0. The highest BCUT2D eigenvalue weighted by Crippen LogP contribution is 2.27. The molecule has 3 N–H and O–H groups in total. The SMILES string of the molecule is Cl.Cl.O=C(/C=C/c1ccc(NC2CCN(Cc3ccc4c(c3)CCO4)C2)nc1)NO. The number of nitrogens with one attached hydrogen (secondary N) is 2. The number of rotatable bonds is 6. The second kappa shape index (κ2) is 11.2. The molecule has 4 rings (SSSR count). The summed E-state index contributed by atoms with van der Waals surface area (Å²) in [6.45, 7) is 3.79. The van der Waals surface area contributed by atoms with Gasteiger partial charge in [0.15, 0.2) is 0 Å². The third-order valence-corrected chi connectivity index (χ3v) is 5.11. The number of fused-ring (bicyclic) bond motifs is 1. The number of hydrogen-bond donors (Lipinski definition) is 3. The Kier molecular flexibility index (Phi) is 8.92. The molecule has 9 heteroatoms. The van der Waals surface area contributed by atoms with Crippen LogP contribution in [0.5, 0.6) is 5.75 Å². The second-order valence-corrected chi connectivity index (χ2v) is 7.19. The molecule has 1 aromatic carbocycles. The van der Waals surface area contributed by atoms with Crippen LogP contribution in [0.3, 0.4) is 0 Å². The predicted molar refractivity (Wildman–Crippen MR) is 121 cm³/mol. The lowest BCUT2D eigenvalue weighted by Crippen LogP contribution is -2.26. The highest BCUT2D eigenvalue weighted by atomic mass is 35.5. The number of hydrogen-bond acceptors (Lipinski definition) is 6. The largest absolute Gasteiger partial charge is 0.493 e. The Morgan fingerprint density at radius 2 is 2.17 bits per heavy atom. The number of halogens is 2. The number of amides is 1. The summed E-state index contributed by atoms with van der Waals surface area (Å²) in [4.78, 5) is 17.9. The first-order chi connectivity index (χ1) is 13.7. The number of likely N-dealkylation sites (tertiary alicyclic amines) is 1. The van der Waals surface area contributed by atoms with Crippen molar-refractivity contribution in [3.05, 3.63) is 59.3 Å². The Balaban J connectivity index is 0.00000160.